The molecule has 0 aliphatic carbocycles. The quantitative estimate of drug-likeness (QED) is 0.487. The molecule has 0 aliphatic rings. The van der Waals surface area contributed by atoms with Gasteiger partial charge in [-0.2, -0.15) is 4.98 Å². The standard InChI is InChI=1S/C21H15F3N4/c22-14-7-5-13(6-8-14)12-25-20-16-3-1-2-4-18(16)26-21(28-20)27-19-10-9-15(23)11-17(19)24/h1-11H,12H2,(H2,25,26,27,28). The number of fused-ring (bicyclic) bond motifs is 1. The number of anilines is 3. The topological polar surface area (TPSA) is 49.8 Å². The van der Waals surface area contributed by atoms with Gasteiger partial charge in [-0.25, -0.2) is 18.2 Å². The number of halogens is 3. The zero-order valence-electron chi connectivity index (χ0n) is 14.6. The van der Waals surface area contributed by atoms with Crippen LogP contribution in [0.2, 0.25) is 0 Å². The van der Waals surface area contributed by atoms with E-state index in [1.807, 2.05) is 24.3 Å². The Kier molecular flexibility index (Phi) is 4.80. The first-order chi connectivity index (χ1) is 13.6. The van der Waals surface area contributed by atoms with E-state index in [1.54, 1.807) is 12.1 Å². The molecule has 2 N–H and O–H groups in total. The third kappa shape index (κ3) is 3.88. The van der Waals surface area contributed by atoms with Crippen molar-refractivity contribution in [3.63, 3.8) is 0 Å². The highest BCUT2D eigenvalue weighted by atomic mass is 19.1. The van der Waals surface area contributed by atoms with Gasteiger partial charge in [-0.05, 0) is 42.0 Å². The molecule has 1 heterocycles. The van der Waals surface area contributed by atoms with E-state index < -0.39 is 11.6 Å². The van der Waals surface area contributed by atoms with Gasteiger partial charge in [0.05, 0.1) is 11.2 Å². The number of rotatable bonds is 5. The first kappa shape index (κ1) is 17.8. The van der Waals surface area contributed by atoms with Crippen LogP contribution >= 0.6 is 0 Å². The van der Waals surface area contributed by atoms with E-state index in [0.29, 0.717) is 17.9 Å². The molecule has 4 aromatic rings. The molecule has 4 nitrogen and oxygen atoms in total. The van der Waals surface area contributed by atoms with Crippen LogP contribution in [0.15, 0.2) is 66.7 Å². The zero-order chi connectivity index (χ0) is 19.5. The number of aromatic nitrogens is 2. The number of para-hydroxylation sites is 1. The first-order valence-corrected chi connectivity index (χ1v) is 8.56. The Morgan fingerprint density at radius 1 is 0.786 bits per heavy atom. The second-order valence-electron chi connectivity index (χ2n) is 6.14. The van der Waals surface area contributed by atoms with Crippen LogP contribution in [0.4, 0.5) is 30.6 Å². The van der Waals surface area contributed by atoms with Crippen molar-refractivity contribution in [2.24, 2.45) is 0 Å². The normalized spacial score (nSPS) is 10.8. The molecule has 3 aromatic carbocycles. The van der Waals surface area contributed by atoms with Gasteiger partial charge in [0.25, 0.3) is 0 Å². The summed E-state index contributed by atoms with van der Waals surface area (Å²) < 4.78 is 40.1. The lowest BCUT2D eigenvalue weighted by Gasteiger charge is -2.12. The third-order valence-corrected chi connectivity index (χ3v) is 4.15. The third-order valence-electron chi connectivity index (χ3n) is 4.15. The molecule has 0 spiro atoms. The smallest absolute Gasteiger partial charge is 0.229 e. The second-order valence-corrected chi connectivity index (χ2v) is 6.14. The predicted octanol–water partition coefficient (Wildman–Crippen LogP) is 5.40. The summed E-state index contributed by atoms with van der Waals surface area (Å²) >= 11 is 0. The minimum atomic E-state index is -0.738. The summed E-state index contributed by atoms with van der Waals surface area (Å²) in [5.41, 5.74) is 1.61. The number of nitrogens with zero attached hydrogens (tertiary/aromatic N) is 2. The highest BCUT2D eigenvalue weighted by Crippen LogP contribution is 2.25. The Morgan fingerprint density at radius 2 is 1.54 bits per heavy atom. The first-order valence-electron chi connectivity index (χ1n) is 8.56. The Bertz CT molecular complexity index is 1130. The Balaban J connectivity index is 1.65. The maximum atomic E-state index is 13.9. The van der Waals surface area contributed by atoms with Crippen molar-refractivity contribution in [2.45, 2.75) is 6.54 Å². The van der Waals surface area contributed by atoms with Crippen LogP contribution < -0.4 is 10.6 Å². The molecule has 0 atom stereocenters. The predicted molar refractivity (Wildman–Crippen MR) is 103 cm³/mol. The molecule has 4 rings (SSSR count). The molecular weight excluding hydrogens is 365 g/mol. The van der Waals surface area contributed by atoms with Crippen LogP contribution in [0.1, 0.15) is 5.56 Å². The van der Waals surface area contributed by atoms with Crippen LogP contribution in [-0.2, 0) is 6.54 Å². The number of benzene rings is 3. The fraction of sp³-hybridized carbons (Fsp3) is 0.0476. The van der Waals surface area contributed by atoms with Gasteiger partial charge in [-0.15, -0.1) is 0 Å². The molecule has 7 heteroatoms. The van der Waals surface area contributed by atoms with Gasteiger partial charge in [-0.1, -0.05) is 24.3 Å². The lowest BCUT2D eigenvalue weighted by molar-refractivity contribution is 0.586. The van der Waals surface area contributed by atoms with E-state index in [-0.39, 0.29) is 17.5 Å². The number of nitrogens with one attached hydrogen (secondary N) is 2. The lowest BCUT2D eigenvalue weighted by atomic mass is 10.2. The maximum Gasteiger partial charge on any atom is 0.229 e. The molecule has 140 valence electrons. The van der Waals surface area contributed by atoms with Crippen molar-refractivity contribution >= 4 is 28.4 Å². The van der Waals surface area contributed by atoms with Crippen molar-refractivity contribution in [2.75, 3.05) is 10.6 Å². The second kappa shape index (κ2) is 7.56. The van der Waals surface area contributed by atoms with Crippen molar-refractivity contribution in [3.8, 4) is 0 Å². The fourth-order valence-corrected chi connectivity index (χ4v) is 2.77. The molecule has 0 saturated heterocycles. The molecule has 0 amide bonds. The Hall–Kier alpha value is -3.61. The van der Waals surface area contributed by atoms with E-state index in [4.69, 9.17) is 0 Å². The van der Waals surface area contributed by atoms with Gasteiger partial charge in [-0.3, -0.25) is 0 Å². The monoisotopic (exact) mass is 380 g/mol. The Morgan fingerprint density at radius 3 is 2.32 bits per heavy atom. The van der Waals surface area contributed by atoms with Crippen molar-refractivity contribution < 1.29 is 13.2 Å². The van der Waals surface area contributed by atoms with Crippen molar-refractivity contribution in [3.05, 3.63) is 89.7 Å². The van der Waals surface area contributed by atoms with Crippen LogP contribution in [0.3, 0.4) is 0 Å². The van der Waals surface area contributed by atoms with Gasteiger partial charge in [0.2, 0.25) is 5.95 Å². The molecule has 0 radical (unpaired) electrons. The molecular formula is C21H15F3N4. The molecule has 28 heavy (non-hydrogen) atoms. The van der Waals surface area contributed by atoms with Crippen LogP contribution in [0, 0.1) is 17.5 Å². The summed E-state index contributed by atoms with van der Waals surface area (Å²) in [6.07, 6.45) is 0. The molecule has 0 saturated carbocycles. The minimum absolute atomic E-state index is 0.0705. The fourth-order valence-electron chi connectivity index (χ4n) is 2.77. The Labute approximate surface area is 159 Å². The lowest BCUT2D eigenvalue weighted by Crippen LogP contribution is -2.06. The van der Waals surface area contributed by atoms with E-state index in [9.17, 15) is 13.2 Å². The SMILES string of the molecule is Fc1ccc(CNc2nc(Nc3ccc(F)cc3F)nc3ccccc23)cc1. The summed E-state index contributed by atoms with van der Waals surface area (Å²) in [4.78, 5) is 8.81. The molecule has 0 fully saturated rings. The molecule has 0 unspecified atom stereocenters. The summed E-state index contributed by atoms with van der Waals surface area (Å²) in [7, 11) is 0. The molecule has 0 aliphatic heterocycles. The number of hydrogen-bond donors (Lipinski definition) is 2. The summed E-state index contributed by atoms with van der Waals surface area (Å²) in [6, 6.07) is 16.7. The van der Waals surface area contributed by atoms with Crippen LogP contribution in [0.25, 0.3) is 10.9 Å². The van der Waals surface area contributed by atoms with Gasteiger partial charge in [0.1, 0.15) is 23.3 Å². The summed E-state index contributed by atoms with van der Waals surface area (Å²) in [5, 5.41) is 6.78. The molecule has 1 aromatic heterocycles. The van der Waals surface area contributed by atoms with E-state index in [2.05, 4.69) is 20.6 Å². The zero-order valence-corrected chi connectivity index (χ0v) is 14.6. The number of hydrogen-bond acceptors (Lipinski definition) is 4. The van der Waals surface area contributed by atoms with E-state index in [0.717, 1.165) is 23.1 Å². The van der Waals surface area contributed by atoms with Gasteiger partial charge >= 0.3 is 0 Å². The highest BCUT2D eigenvalue weighted by molar-refractivity contribution is 5.90. The molecule has 0 bridgehead atoms. The van der Waals surface area contributed by atoms with Gasteiger partial charge < -0.3 is 10.6 Å². The summed E-state index contributed by atoms with van der Waals surface area (Å²) in [5.74, 6) is -0.989. The largest absolute Gasteiger partial charge is 0.365 e. The van der Waals surface area contributed by atoms with Gasteiger partial charge in [0, 0.05) is 18.0 Å². The summed E-state index contributed by atoms with van der Waals surface area (Å²) in [6.45, 7) is 0.422. The van der Waals surface area contributed by atoms with E-state index in [1.165, 1.54) is 18.2 Å². The van der Waals surface area contributed by atoms with Gasteiger partial charge in [0.15, 0.2) is 0 Å². The van der Waals surface area contributed by atoms with E-state index >= 15 is 0 Å². The van der Waals surface area contributed by atoms with Crippen molar-refractivity contribution in [1.82, 2.24) is 9.97 Å². The maximum absolute atomic E-state index is 13.9. The average molecular weight is 380 g/mol. The highest BCUT2D eigenvalue weighted by Gasteiger charge is 2.10. The van der Waals surface area contributed by atoms with Crippen LogP contribution in [0.5, 0.6) is 0 Å². The average Bonchev–Trinajstić information content (AvgIpc) is 2.69. The van der Waals surface area contributed by atoms with Crippen molar-refractivity contribution in [1.29, 1.82) is 0 Å². The van der Waals surface area contributed by atoms with Crippen LogP contribution in [-0.4, -0.2) is 9.97 Å². The minimum Gasteiger partial charge on any atom is -0.365 e.